The van der Waals surface area contributed by atoms with E-state index in [-0.39, 0.29) is 6.10 Å². The zero-order chi connectivity index (χ0) is 19.2. The zero-order valence-corrected chi connectivity index (χ0v) is 16.8. The third-order valence-electron chi connectivity index (χ3n) is 5.32. The Hall–Kier alpha value is -1.93. The molecule has 0 spiro atoms. The molecule has 1 unspecified atom stereocenters. The lowest BCUT2D eigenvalue weighted by Gasteiger charge is -2.31. The molecule has 0 amide bonds. The van der Waals surface area contributed by atoms with Gasteiger partial charge in [0.1, 0.15) is 0 Å². The second-order valence-electron chi connectivity index (χ2n) is 7.57. The summed E-state index contributed by atoms with van der Waals surface area (Å²) in [7, 11) is 2.01. The third-order valence-corrected chi connectivity index (χ3v) is 5.32. The van der Waals surface area contributed by atoms with Crippen LogP contribution in [0.2, 0.25) is 0 Å². The van der Waals surface area contributed by atoms with Gasteiger partial charge >= 0.3 is 6.01 Å². The van der Waals surface area contributed by atoms with Crippen LogP contribution < -0.4 is 15.8 Å². The van der Waals surface area contributed by atoms with Crippen molar-refractivity contribution in [3.05, 3.63) is 11.9 Å². The van der Waals surface area contributed by atoms with Crippen LogP contribution in [0.5, 0.6) is 6.01 Å². The molecule has 1 fully saturated rings. The molecular weight excluding hydrogens is 342 g/mol. The fourth-order valence-corrected chi connectivity index (χ4v) is 3.74. The number of likely N-dealkylation sites (N-methyl/N-ethyl adjacent to an activating group) is 1. The standard InChI is InChI=1S/C19H33N7O/c1-4-5-14(2)27-19-23-17(20)18-22-13-16(26(18)24-19)12-15-6-9-25(10-7-15)11-8-21-3/h13-15,21H,4-12H2,1-3H3,(H2,20,23,24). The molecule has 8 heteroatoms. The van der Waals surface area contributed by atoms with Gasteiger partial charge in [-0.15, -0.1) is 5.10 Å². The van der Waals surface area contributed by atoms with E-state index >= 15 is 0 Å². The molecule has 27 heavy (non-hydrogen) atoms. The van der Waals surface area contributed by atoms with E-state index in [1.165, 1.54) is 12.8 Å². The molecule has 3 N–H and O–H groups in total. The molecule has 150 valence electrons. The molecule has 2 aromatic heterocycles. The van der Waals surface area contributed by atoms with Crippen molar-refractivity contribution in [1.29, 1.82) is 0 Å². The van der Waals surface area contributed by atoms with Crippen LogP contribution in [0.15, 0.2) is 6.20 Å². The van der Waals surface area contributed by atoms with Crippen LogP contribution in [0.3, 0.4) is 0 Å². The van der Waals surface area contributed by atoms with Crippen LogP contribution >= 0.6 is 0 Å². The Morgan fingerprint density at radius 2 is 2.15 bits per heavy atom. The Kier molecular flexibility index (Phi) is 6.84. The van der Waals surface area contributed by atoms with E-state index in [4.69, 9.17) is 10.5 Å². The second-order valence-corrected chi connectivity index (χ2v) is 7.57. The highest BCUT2D eigenvalue weighted by atomic mass is 16.5. The molecule has 1 aliphatic heterocycles. The highest BCUT2D eigenvalue weighted by molar-refractivity contribution is 5.59. The number of fused-ring (bicyclic) bond motifs is 1. The molecule has 0 bridgehead atoms. The molecule has 2 aromatic rings. The van der Waals surface area contributed by atoms with Gasteiger partial charge in [-0.05, 0) is 58.7 Å². The number of aromatic nitrogens is 4. The number of nitrogen functional groups attached to an aromatic ring is 1. The molecule has 8 nitrogen and oxygen atoms in total. The van der Waals surface area contributed by atoms with Crippen LogP contribution in [0.1, 0.15) is 45.2 Å². The average molecular weight is 376 g/mol. The number of hydrogen-bond donors (Lipinski definition) is 2. The van der Waals surface area contributed by atoms with E-state index in [0.717, 1.165) is 51.1 Å². The minimum atomic E-state index is 0.0701. The number of imidazole rings is 1. The van der Waals surface area contributed by atoms with Crippen molar-refractivity contribution in [3.63, 3.8) is 0 Å². The van der Waals surface area contributed by atoms with Crippen LogP contribution in [0.4, 0.5) is 5.82 Å². The lowest BCUT2D eigenvalue weighted by Crippen LogP contribution is -2.38. The van der Waals surface area contributed by atoms with Gasteiger partial charge in [0, 0.05) is 13.1 Å². The van der Waals surface area contributed by atoms with E-state index in [0.29, 0.717) is 23.4 Å². The SMILES string of the molecule is CCCC(C)Oc1nc(N)c2ncc(CC3CCN(CCNC)CC3)n2n1. The lowest BCUT2D eigenvalue weighted by atomic mass is 9.92. The maximum absolute atomic E-state index is 6.09. The van der Waals surface area contributed by atoms with Gasteiger partial charge in [0.05, 0.1) is 18.0 Å². The van der Waals surface area contributed by atoms with Gasteiger partial charge in [0.25, 0.3) is 0 Å². The molecule has 1 aliphatic rings. The molecule has 1 atom stereocenters. The summed E-state index contributed by atoms with van der Waals surface area (Å²) in [6.07, 6.45) is 7.34. The quantitative estimate of drug-likeness (QED) is 0.689. The van der Waals surface area contributed by atoms with Crippen LogP contribution in [0, 0.1) is 5.92 Å². The van der Waals surface area contributed by atoms with Gasteiger partial charge in [0.15, 0.2) is 11.5 Å². The zero-order valence-electron chi connectivity index (χ0n) is 16.8. The first-order valence-corrected chi connectivity index (χ1v) is 10.1. The van der Waals surface area contributed by atoms with E-state index in [9.17, 15) is 0 Å². The summed E-state index contributed by atoms with van der Waals surface area (Å²) in [6.45, 7) is 8.65. The summed E-state index contributed by atoms with van der Waals surface area (Å²) in [5.41, 5.74) is 7.79. The monoisotopic (exact) mass is 375 g/mol. The fraction of sp³-hybridized carbons (Fsp3) is 0.737. The fourth-order valence-electron chi connectivity index (χ4n) is 3.74. The molecule has 3 rings (SSSR count). The van der Waals surface area contributed by atoms with Crippen molar-refractivity contribution in [2.75, 3.05) is 39.0 Å². The van der Waals surface area contributed by atoms with E-state index in [1.54, 1.807) is 0 Å². The smallest absolute Gasteiger partial charge is 0.336 e. The van der Waals surface area contributed by atoms with E-state index in [1.807, 2.05) is 24.7 Å². The van der Waals surface area contributed by atoms with Crippen LogP contribution in [-0.2, 0) is 6.42 Å². The minimum absolute atomic E-state index is 0.0701. The first kappa shape index (κ1) is 19.8. The van der Waals surface area contributed by atoms with Gasteiger partial charge in [-0.3, -0.25) is 0 Å². The first-order valence-electron chi connectivity index (χ1n) is 10.1. The molecule has 0 aromatic carbocycles. The molecular formula is C19H33N7O. The largest absolute Gasteiger partial charge is 0.459 e. The minimum Gasteiger partial charge on any atom is -0.459 e. The average Bonchev–Trinajstić information content (AvgIpc) is 3.04. The number of likely N-dealkylation sites (tertiary alicyclic amines) is 1. The Bertz CT molecular complexity index is 724. The number of anilines is 1. The number of ether oxygens (including phenoxy) is 1. The van der Waals surface area contributed by atoms with Crippen molar-refractivity contribution < 1.29 is 4.74 Å². The highest BCUT2D eigenvalue weighted by Crippen LogP contribution is 2.23. The van der Waals surface area contributed by atoms with Crippen LogP contribution in [0.25, 0.3) is 5.65 Å². The number of nitrogens with one attached hydrogen (secondary N) is 1. The molecule has 0 saturated carbocycles. The van der Waals surface area contributed by atoms with Crippen molar-refractivity contribution in [3.8, 4) is 6.01 Å². The number of rotatable bonds is 9. The first-order chi connectivity index (χ1) is 13.1. The van der Waals surface area contributed by atoms with Crippen molar-refractivity contribution in [1.82, 2.24) is 29.8 Å². The Balaban J connectivity index is 1.67. The van der Waals surface area contributed by atoms with Gasteiger partial charge in [-0.2, -0.15) is 4.98 Å². The van der Waals surface area contributed by atoms with Gasteiger partial charge in [-0.25, -0.2) is 9.50 Å². The van der Waals surface area contributed by atoms with E-state index in [2.05, 4.69) is 32.2 Å². The Morgan fingerprint density at radius 3 is 2.85 bits per heavy atom. The Morgan fingerprint density at radius 1 is 1.37 bits per heavy atom. The summed E-state index contributed by atoms with van der Waals surface area (Å²) in [5, 5.41) is 7.78. The summed E-state index contributed by atoms with van der Waals surface area (Å²) >= 11 is 0. The van der Waals surface area contributed by atoms with Gasteiger partial charge < -0.3 is 20.7 Å². The maximum atomic E-state index is 6.09. The topological polar surface area (TPSA) is 93.6 Å². The summed E-state index contributed by atoms with van der Waals surface area (Å²) < 4.78 is 7.67. The van der Waals surface area contributed by atoms with E-state index < -0.39 is 0 Å². The van der Waals surface area contributed by atoms with Crippen molar-refractivity contribution >= 4 is 11.5 Å². The third kappa shape index (κ3) is 5.07. The molecule has 3 heterocycles. The number of nitrogens with two attached hydrogens (primary N) is 1. The molecule has 1 saturated heterocycles. The van der Waals surface area contributed by atoms with Gasteiger partial charge in [-0.1, -0.05) is 13.3 Å². The van der Waals surface area contributed by atoms with Gasteiger partial charge in [0.2, 0.25) is 0 Å². The second kappa shape index (κ2) is 9.32. The lowest BCUT2D eigenvalue weighted by molar-refractivity contribution is 0.183. The number of piperidine rings is 1. The van der Waals surface area contributed by atoms with Crippen molar-refractivity contribution in [2.45, 2.75) is 52.1 Å². The molecule has 0 aliphatic carbocycles. The molecule has 0 radical (unpaired) electrons. The van der Waals surface area contributed by atoms with Crippen LogP contribution in [-0.4, -0.2) is 63.8 Å². The predicted octanol–water partition coefficient (Wildman–Crippen LogP) is 1.75. The van der Waals surface area contributed by atoms with Crippen molar-refractivity contribution in [2.24, 2.45) is 5.92 Å². The summed E-state index contributed by atoms with van der Waals surface area (Å²) in [5.74, 6) is 1.02. The predicted molar refractivity (Wildman–Crippen MR) is 107 cm³/mol. The Labute approximate surface area is 161 Å². The summed E-state index contributed by atoms with van der Waals surface area (Å²) in [4.78, 5) is 11.2. The number of hydrogen-bond acceptors (Lipinski definition) is 7. The summed E-state index contributed by atoms with van der Waals surface area (Å²) in [6, 6.07) is 0.335. The highest BCUT2D eigenvalue weighted by Gasteiger charge is 2.21. The number of nitrogens with zero attached hydrogens (tertiary/aromatic N) is 5. The maximum Gasteiger partial charge on any atom is 0.336 e. The normalized spacial score (nSPS) is 17.4.